The van der Waals surface area contributed by atoms with Crippen LogP contribution in [0.2, 0.25) is 0 Å². The summed E-state index contributed by atoms with van der Waals surface area (Å²) in [7, 11) is 0. The Morgan fingerprint density at radius 1 is 1.06 bits per heavy atom. The van der Waals surface area contributed by atoms with Crippen LogP contribution >= 0.6 is 11.3 Å². The highest BCUT2D eigenvalue weighted by atomic mass is 32.1. The molecule has 2 N–H and O–H groups in total. The van der Waals surface area contributed by atoms with Gasteiger partial charge in [0.05, 0.1) is 0 Å². The minimum Gasteiger partial charge on any atom is -0.444 e. The van der Waals surface area contributed by atoms with Crippen molar-refractivity contribution in [3.8, 4) is 0 Å². The molecule has 0 saturated carbocycles. The molecular weight excluding hydrogens is 408 g/mol. The predicted molar refractivity (Wildman–Crippen MR) is 124 cm³/mol. The van der Waals surface area contributed by atoms with Crippen molar-refractivity contribution in [1.29, 1.82) is 0 Å². The van der Waals surface area contributed by atoms with E-state index in [4.69, 9.17) is 4.74 Å². The summed E-state index contributed by atoms with van der Waals surface area (Å²) in [6, 6.07) is 15.7. The average Bonchev–Trinajstić information content (AvgIpc) is 3.29. The summed E-state index contributed by atoms with van der Waals surface area (Å²) in [6.07, 6.45) is 1.45. The van der Waals surface area contributed by atoms with Crippen molar-refractivity contribution in [3.63, 3.8) is 0 Å². The van der Waals surface area contributed by atoms with Crippen LogP contribution in [-0.2, 0) is 28.8 Å². The molecule has 1 aromatic heterocycles. The first-order valence-corrected chi connectivity index (χ1v) is 11.5. The van der Waals surface area contributed by atoms with E-state index < -0.39 is 17.7 Å². The van der Waals surface area contributed by atoms with E-state index in [1.165, 1.54) is 15.8 Å². The number of fused-ring (bicyclic) bond motifs is 2. The van der Waals surface area contributed by atoms with Gasteiger partial charge < -0.3 is 15.4 Å². The summed E-state index contributed by atoms with van der Waals surface area (Å²) in [5.41, 5.74) is 2.96. The van der Waals surface area contributed by atoms with E-state index in [1.54, 1.807) is 11.3 Å². The minimum atomic E-state index is -0.712. The summed E-state index contributed by atoms with van der Waals surface area (Å²) >= 11 is 1.65. The number of ether oxygens (including phenoxy) is 1. The Morgan fingerprint density at radius 2 is 1.71 bits per heavy atom. The zero-order valence-corrected chi connectivity index (χ0v) is 18.9. The Bertz CT molecular complexity index is 1070. The van der Waals surface area contributed by atoms with E-state index in [1.807, 2.05) is 45.0 Å². The first kappa shape index (κ1) is 21.4. The van der Waals surface area contributed by atoms with Crippen molar-refractivity contribution in [2.24, 2.45) is 0 Å². The number of thiophene rings is 1. The second kappa shape index (κ2) is 8.71. The van der Waals surface area contributed by atoms with Crippen LogP contribution in [0.15, 0.2) is 53.9 Å². The molecule has 4 rings (SSSR count). The molecule has 0 radical (unpaired) electrons. The lowest BCUT2D eigenvalue weighted by Crippen LogP contribution is -2.51. The first-order chi connectivity index (χ1) is 14.8. The third-order valence-corrected chi connectivity index (χ3v) is 6.40. The first-order valence-electron chi connectivity index (χ1n) is 10.6. The molecule has 0 saturated heterocycles. The van der Waals surface area contributed by atoms with Crippen LogP contribution < -0.4 is 10.6 Å². The summed E-state index contributed by atoms with van der Waals surface area (Å²) in [5.74, 6) is -0.182. The van der Waals surface area contributed by atoms with Gasteiger partial charge in [0.25, 0.3) is 0 Å². The van der Waals surface area contributed by atoms with Gasteiger partial charge in [0, 0.05) is 17.2 Å². The summed E-state index contributed by atoms with van der Waals surface area (Å²) in [4.78, 5) is 25.7. The van der Waals surface area contributed by atoms with E-state index in [0.29, 0.717) is 6.42 Å². The largest absolute Gasteiger partial charge is 0.444 e. The number of nitrogens with one attached hydrogen (secondary N) is 2. The molecular formula is C25H28N2O3S. The van der Waals surface area contributed by atoms with Crippen molar-refractivity contribution in [1.82, 2.24) is 10.6 Å². The van der Waals surface area contributed by atoms with Gasteiger partial charge in [-0.3, -0.25) is 4.79 Å². The number of benzene rings is 2. The molecule has 162 valence electrons. The molecule has 2 aromatic carbocycles. The van der Waals surface area contributed by atoms with Crippen LogP contribution in [0, 0.1) is 0 Å². The second-order valence-corrected chi connectivity index (χ2v) is 9.95. The fraction of sp³-hybridized carbons (Fsp3) is 0.360. The van der Waals surface area contributed by atoms with Gasteiger partial charge in [-0.25, -0.2) is 4.79 Å². The van der Waals surface area contributed by atoms with Crippen molar-refractivity contribution in [2.75, 3.05) is 0 Å². The molecule has 0 spiro atoms. The molecule has 0 bridgehead atoms. The minimum absolute atomic E-state index is 0.0343. The molecule has 0 fully saturated rings. The van der Waals surface area contributed by atoms with Gasteiger partial charge in [0.15, 0.2) is 0 Å². The zero-order chi connectivity index (χ0) is 22.0. The standard InChI is InChI=1S/C25H28N2O3S/c1-25(2,3)30-24(29)27-21(14-18-15-31-22-11-7-6-10-20(18)22)23(28)26-19-12-16-8-4-5-9-17(16)13-19/h4-11,15,19,21H,12-14H2,1-3H3,(H,26,28)(H,27,29)/t21-/m0/s1. The fourth-order valence-electron chi connectivity index (χ4n) is 4.03. The molecule has 31 heavy (non-hydrogen) atoms. The second-order valence-electron chi connectivity index (χ2n) is 9.04. The Balaban J connectivity index is 1.50. The fourth-order valence-corrected chi connectivity index (χ4v) is 5.01. The third kappa shape index (κ3) is 5.25. The molecule has 2 amide bonds. The van der Waals surface area contributed by atoms with E-state index in [2.05, 4.69) is 40.3 Å². The molecule has 1 aliphatic carbocycles. The monoisotopic (exact) mass is 436 g/mol. The third-order valence-electron chi connectivity index (χ3n) is 5.39. The van der Waals surface area contributed by atoms with Crippen LogP contribution in [-0.4, -0.2) is 29.7 Å². The maximum Gasteiger partial charge on any atom is 0.408 e. The molecule has 1 aliphatic rings. The summed E-state index contributed by atoms with van der Waals surface area (Å²) in [5, 5.41) is 9.13. The molecule has 1 atom stereocenters. The van der Waals surface area contributed by atoms with E-state index in [9.17, 15) is 9.59 Å². The number of amides is 2. The highest BCUT2D eigenvalue weighted by Gasteiger charge is 2.29. The average molecular weight is 437 g/mol. The van der Waals surface area contributed by atoms with Crippen molar-refractivity contribution in [2.45, 2.75) is 57.7 Å². The molecule has 1 heterocycles. The molecule has 6 heteroatoms. The van der Waals surface area contributed by atoms with Crippen LogP contribution in [0.5, 0.6) is 0 Å². The van der Waals surface area contributed by atoms with Crippen LogP contribution in [0.3, 0.4) is 0 Å². The molecule has 0 unspecified atom stereocenters. The van der Waals surface area contributed by atoms with E-state index in [-0.39, 0.29) is 11.9 Å². The van der Waals surface area contributed by atoms with Gasteiger partial charge in [0.1, 0.15) is 11.6 Å². The molecule has 5 nitrogen and oxygen atoms in total. The summed E-state index contributed by atoms with van der Waals surface area (Å²) in [6.45, 7) is 5.43. The summed E-state index contributed by atoms with van der Waals surface area (Å²) < 4.78 is 6.59. The van der Waals surface area contributed by atoms with Crippen LogP contribution in [0.4, 0.5) is 4.79 Å². The Morgan fingerprint density at radius 3 is 2.39 bits per heavy atom. The Hall–Kier alpha value is -2.86. The number of carbonyl (C=O) groups is 2. The lowest BCUT2D eigenvalue weighted by atomic mass is 10.0. The van der Waals surface area contributed by atoms with E-state index >= 15 is 0 Å². The van der Waals surface area contributed by atoms with Crippen LogP contribution in [0.1, 0.15) is 37.5 Å². The van der Waals surface area contributed by atoms with Crippen LogP contribution in [0.25, 0.3) is 10.1 Å². The maximum absolute atomic E-state index is 13.2. The van der Waals surface area contributed by atoms with Crippen molar-refractivity contribution in [3.05, 3.63) is 70.6 Å². The number of hydrogen-bond donors (Lipinski definition) is 2. The number of hydrogen-bond acceptors (Lipinski definition) is 4. The van der Waals surface area contributed by atoms with Crippen molar-refractivity contribution >= 4 is 33.4 Å². The molecule has 3 aromatic rings. The normalized spacial score (nSPS) is 14.8. The number of rotatable bonds is 5. The van der Waals surface area contributed by atoms with E-state index in [0.717, 1.165) is 23.8 Å². The van der Waals surface area contributed by atoms with Gasteiger partial charge in [-0.2, -0.15) is 0 Å². The van der Waals surface area contributed by atoms with Gasteiger partial charge >= 0.3 is 6.09 Å². The Labute approximate surface area is 186 Å². The topological polar surface area (TPSA) is 67.4 Å². The number of carbonyl (C=O) groups excluding carboxylic acids is 2. The maximum atomic E-state index is 13.2. The Kier molecular flexibility index (Phi) is 6.01. The molecule has 0 aliphatic heterocycles. The lowest BCUT2D eigenvalue weighted by molar-refractivity contribution is -0.123. The van der Waals surface area contributed by atoms with Gasteiger partial charge in [0.2, 0.25) is 5.91 Å². The zero-order valence-electron chi connectivity index (χ0n) is 18.1. The highest BCUT2D eigenvalue weighted by Crippen LogP contribution is 2.27. The lowest BCUT2D eigenvalue weighted by Gasteiger charge is -2.24. The van der Waals surface area contributed by atoms with Gasteiger partial charge in [-0.15, -0.1) is 11.3 Å². The smallest absolute Gasteiger partial charge is 0.408 e. The quantitative estimate of drug-likeness (QED) is 0.613. The van der Waals surface area contributed by atoms with Gasteiger partial charge in [-0.05, 0) is 67.1 Å². The van der Waals surface area contributed by atoms with Crippen molar-refractivity contribution < 1.29 is 14.3 Å². The number of alkyl carbamates (subject to hydrolysis) is 1. The van der Waals surface area contributed by atoms with Gasteiger partial charge in [-0.1, -0.05) is 42.5 Å². The SMILES string of the molecule is CC(C)(C)OC(=O)N[C@@H](Cc1csc2ccccc12)C(=O)NC1Cc2ccccc2C1. The highest BCUT2D eigenvalue weighted by molar-refractivity contribution is 7.17. The predicted octanol–water partition coefficient (Wildman–Crippen LogP) is 4.62.